The highest BCUT2D eigenvalue weighted by atomic mass is 16.2. The van der Waals surface area contributed by atoms with Gasteiger partial charge in [-0.1, -0.05) is 36.4 Å². The van der Waals surface area contributed by atoms with Crippen LogP contribution in [0.3, 0.4) is 0 Å². The number of hydrogen-bond acceptors (Lipinski definition) is 4. The first-order chi connectivity index (χ1) is 15.6. The van der Waals surface area contributed by atoms with Crippen LogP contribution in [0.25, 0.3) is 11.0 Å². The standard InChI is InChI=1S/C25H25N5O2/c1-17-7-5-6-10-19(17)24(31)26-22-15-20-21(28-25(32)27-20)16-23(22)30-13-11-29(12-14-30)18-8-3-2-4-9-18/h2-10,15-16H,11-14H2,1H3,(H,26,31)(H2,27,28,32). The Labute approximate surface area is 185 Å². The first kappa shape index (κ1) is 19.9. The summed E-state index contributed by atoms with van der Waals surface area (Å²) in [6.07, 6.45) is 0. The van der Waals surface area contributed by atoms with E-state index in [9.17, 15) is 9.59 Å². The van der Waals surface area contributed by atoms with Crippen LogP contribution in [-0.4, -0.2) is 42.1 Å². The molecule has 0 unspecified atom stereocenters. The lowest BCUT2D eigenvalue weighted by atomic mass is 10.1. The van der Waals surface area contributed by atoms with Gasteiger partial charge in [0, 0.05) is 37.4 Å². The summed E-state index contributed by atoms with van der Waals surface area (Å²) in [5, 5.41) is 3.08. The van der Waals surface area contributed by atoms with Crippen molar-refractivity contribution in [2.24, 2.45) is 0 Å². The molecule has 0 spiro atoms. The van der Waals surface area contributed by atoms with Gasteiger partial charge < -0.3 is 25.1 Å². The van der Waals surface area contributed by atoms with Gasteiger partial charge in [-0.2, -0.15) is 0 Å². The highest BCUT2D eigenvalue weighted by Crippen LogP contribution is 2.32. The molecule has 1 aliphatic heterocycles. The Morgan fingerprint density at radius 1 is 0.844 bits per heavy atom. The Morgan fingerprint density at radius 3 is 2.19 bits per heavy atom. The Hall–Kier alpha value is -4.00. The average Bonchev–Trinajstić information content (AvgIpc) is 3.18. The van der Waals surface area contributed by atoms with Crippen molar-refractivity contribution < 1.29 is 4.79 Å². The first-order valence-electron chi connectivity index (χ1n) is 10.8. The van der Waals surface area contributed by atoms with E-state index >= 15 is 0 Å². The number of H-pyrrole nitrogens is 2. The van der Waals surface area contributed by atoms with Crippen LogP contribution in [0.5, 0.6) is 0 Å². The number of carbonyl (C=O) groups is 1. The molecule has 0 atom stereocenters. The van der Waals surface area contributed by atoms with Crippen molar-refractivity contribution in [2.75, 3.05) is 41.3 Å². The second-order valence-electron chi connectivity index (χ2n) is 8.07. The summed E-state index contributed by atoms with van der Waals surface area (Å²) in [6, 6.07) is 21.7. The van der Waals surface area contributed by atoms with E-state index in [1.807, 2.05) is 49.4 Å². The number of piperazine rings is 1. The number of nitrogens with one attached hydrogen (secondary N) is 3. The number of aromatic amines is 2. The van der Waals surface area contributed by atoms with Crippen molar-refractivity contribution in [3.8, 4) is 0 Å². The van der Waals surface area contributed by atoms with Gasteiger partial charge in [0.25, 0.3) is 5.91 Å². The van der Waals surface area contributed by atoms with E-state index in [2.05, 4.69) is 49.4 Å². The number of hydrogen-bond donors (Lipinski definition) is 3. The molecule has 7 heteroatoms. The molecule has 4 aromatic rings. The predicted molar refractivity (Wildman–Crippen MR) is 129 cm³/mol. The molecule has 162 valence electrons. The van der Waals surface area contributed by atoms with Crippen LogP contribution in [0, 0.1) is 6.92 Å². The maximum Gasteiger partial charge on any atom is 0.323 e. The number of aromatic nitrogens is 2. The summed E-state index contributed by atoms with van der Waals surface area (Å²) < 4.78 is 0. The van der Waals surface area contributed by atoms with Gasteiger partial charge in [0.2, 0.25) is 0 Å². The van der Waals surface area contributed by atoms with Gasteiger partial charge in [-0.05, 0) is 42.8 Å². The number of aryl methyl sites for hydroxylation is 1. The molecule has 0 saturated carbocycles. The number of nitrogens with zero attached hydrogens (tertiary/aromatic N) is 2. The molecule has 1 aromatic heterocycles. The first-order valence-corrected chi connectivity index (χ1v) is 10.8. The molecular weight excluding hydrogens is 402 g/mol. The molecule has 1 fully saturated rings. The van der Waals surface area contributed by atoms with Gasteiger partial charge in [-0.3, -0.25) is 4.79 Å². The van der Waals surface area contributed by atoms with E-state index in [1.165, 1.54) is 5.69 Å². The lowest BCUT2D eigenvalue weighted by Crippen LogP contribution is -2.46. The van der Waals surface area contributed by atoms with Crippen molar-refractivity contribution >= 4 is 34.0 Å². The highest BCUT2D eigenvalue weighted by molar-refractivity contribution is 6.08. The fraction of sp³-hybridized carbons (Fsp3) is 0.200. The molecule has 3 N–H and O–H groups in total. The normalized spacial score (nSPS) is 14.0. The number of rotatable bonds is 4. The Morgan fingerprint density at radius 2 is 1.47 bits per heavy atom. The molecule has 1 saturated heterocycles. The van der Waals surface area contributed by atoms with Crippen LogP contribution in [-0.2, 0) is 0 Å². The molecular formula is C25H25N5O2. The minimum absolute atomic E-state index is 0.162. The quantitative estimate of drug-likeness (QED) is 0.463. The number of imidazole rings is 1. The van der Waals surface area contributed by atoms with E-state index in [1.54, 1.807) is 0 Å². The zero-order chi connectivity index (χ0) is 22.1. The van der Waals surface area contributed by atoms with Crippen LogP contribution >= 0.6 is 0 Å². The van der Waals surface area contributed by atoms with Crippen molar-refractivity contribution in [1.29, 1.82) is 0 Å². The van der Waals surface area contributed by atoms with Crippen molar-refractivity contribution in [3.05, 3.63) is 88.3 Å². The Bertz CT molecular complexity index is 1320. The van der Waals surface area contributed by atoms with Crippen molar-refractivity contribution in [3.63, 3.8) is 0 Å². The highest BCUT2D eigenvalue weighted by Gasteiger charge is 2.22. The fourth-order valence-corrected chi connectivity index (χ4v) is 4.29. The molecule has 32 heavy (non-hydrogen) atoms. The maximum atomic E-state index is 13.0. The number of para-hydroxylation sites is 1. The van der Waals surface area contributed by atoms with Gasteiger partial charge in [0.1, 0.15) is 0 Å². The van der Waals surface area contributed by atoms with Crippen molar-refractivity contribution in [1.82, 2.24) is 9.97 Å². The van der Waals surface area contributed by atoms with E-state index in [-0.39, 0.29) is 11.6 Å². The maximum absolute atomic E-state index is 13.0. The summed E-state index contributed by atoms with van der Waals surface area (Å²) >= 11 is 0. The smallest absolute Gasteiger partial charge is 0.323 e. The molecule has 5 rings (SSSR count). The van der Waals surface area contributed by atoms with Crippen LogP contribution in [0.2, 0.25) is 0 Å². The Kier molecular flexibility index (Phi) is 5.15. The molecule has 3 aromatic carbocycles. The van der Waals surface area contributed by atoms with E-state index < -0.39 is 0 Å². The minimum Gasteiger partial charge on any atom is -0.368 e. The number of amides is 1. The summed E-state index contributed by atoms with van der Waals surface area (Å²) in [5.74, 6) is -0.162. The van der Waals surface area contributed by atoms with Crippen LogP contribution in [0.15, 0.2) is 71.5 Å². The van der Waals surface area contributed by atoms with Crippen LogP contribution < -0.4 is 20.8 Å². The lowest BCUT2D eigenvalue weighted by molar-refractivity contribution is 0.102. The largest absolute Gasteiger partial charge is 0.368 e. The number of benzene rings is 3. The zero-order valence-electron chi connectivity index (χ0n) is 17.9. The summed E-state index contributed by atoms with van der Waals surface area (Å²) in [5.41, 5.74) is 5.49. The SMILES string of the molecule is Cc1ccccc1C(=O)Nc1cc2[nH]c(=O)[nH]c2cc1N1CCN(c2ccccc2)CC1. The molecule has 7 nitrogen and oxygen atoms in total. The topological polar surface area (TPSA) is 84.2 Å². The van der Waals surface area contributed by atoms with E-state index in [0.29, 0.717) is 16.8 Å². The zero-order valence-corrected chi connectivity index (χ0v) is 17.9. The van der Waals surface area contributed by atoms with E-state index in [0.717, 1.165) is 42.9 Å². The third kappa shape index (κ3) is 3.85. The third-order valence-corrected chi connectivity index (χ3v) is 6.01. The molecule has 0 aliphatic carbocycles. The Balaban J connectivity index is 1.45. The van der Waals surface area contributed by atoms with Gasteiger partial charge in [0.05, 0.1) is 22.4 Å². The van der Waals surface area contributed by atoms with Gasteiger partial charge in [-0.25, -0.2) is 4.79 Å². The third-order valence-electron chi connectivity index (χ3n) is 6.01. The van der Waals surface area contributed by atoms with Crippen LogP contribution in [0.4, 0.5) is 17.1 Å². The number of carbonyl (C=O) groups excluding carboxylic acids is 1. The lowest BCUT2D eigenvalue weighted by Gasteiger charge is -2.38. The van der Waals surface area contributed by atoms with Gasteiger partial charge >= 0.3 is 5.69 Å². The molecule has 2 heterocycles. The second-order valence-corrected chi connectivity index (χ2v) is 8.07. The molecule has 1 aliphatic rings. The molecule has 0 bridgehead atoms. The number of anilines is 3. The monoisotopic (exact) mass is 427 g/mol. The van der Waals surface area contributed by atoms with E-state index in [4.69, 9.17) is 0 Å². The summed E-state index contributed by atoms with van der Waals surface area (Å²) in [6.45, 7) is 5.28. The average molecular weight is 428 g/mol. The second kappa shape index (κ2) is 8.26. The van der Waals surface area contributed by atoms with Crippen molar-refractivity contribution in [2.45, 2.75) is 6.92 Å². The van der Waals surface area contributed by atoms with Gasteiger partial charge in [-0.15, -0.1) is 0 Å². The minimum atomic E-state index is -0.262. The summed E-state index contributed by atoms with van der Waals surface area (Å²) in [4.78, 5) is 35.1. The number of fused-ring (bicyclic) bond motifs is 1. The van der Waals surface area contributed by atoms with Crippen LogP contribution in [0.1, 0.15) is 15.9 Å². The predicted octanol–water partition coefficient (Wildman–Crippen LogP) is 3.74. The fourth-order valence-electron chi connectivity index (χ4n) is 4.29. The molecule has 0 radical (unpaired) electrons. The molecule has 1 amide bonds. The summed E-state index contributed by atoms with van der Waals surface area (Å²) in [7, 11) is 0. The van der Waals surface area contributed by atoms with Gasteiger partial charge in [0.15, 0.2) is 0 Å².